The van der Waals surface area contributed by atoms with Crippen LogP contribution in [-0.4, -0.2) is 27.2 Å². The molecule has 5 nitrogen and oxygen atoms in total. The molecule has 2 N–H and O–H groups in total. The number of hydrogen-bond donors (Lipinski definition) is 2. The molecule has 72 valence electrons. The molecule has 2 heterocycles. The van der Waals surface area contributed by atoms with E-state index in [0.29, 0.717) is 17.8 Å². The normalized spacial score (nSPS) is 15.4. The van der Waals surface area contributed by atoms with E-state index in [-0.39, 0.29) is 0 Å². The number of carboxylic acids is 1. The van der Waals surface area contributed by atoms with Gasteiger partial charge in [-0.3, -0.25) is 0 Å². The SMILES string of the molecule is O=C(O)C1=CC(c2csnn2)=CNC1. The first kappa shape index (κ1) is 8.89. The largest absolute Gasteiger partial charge is 0.478 e. The second kappa shape index (κ2) is 3.59. The molecule has 0 aliphatic carbocycles. The lowest BCUT2D eigenvalue weighted by molar-refractivity contribution is -0.132. The zero-order valence-electron chi connectivity index (χ0n) is 7.10. The minimum atomic E-state index is -0.911. The van der Waals surface area contributed by atoms with Crippen molar-refractivity contribution in [3.63, 3.8) is 0 Å². The third kappa shape index (κ3) is 1.64. The fraction of sp³-hybridized carbons (Fsp3) is 0.125. The number of hydrogen-bond acceptors (Lipinski definition) is 5. The van der Waals surface area contributed by atoms with Crippen molar-refractivity contribution < 1.29 is 9.90 Å². The molecular formula is C8H7N3O2S. The van der Waals surface area contributed by atoms with Gasteiger partial charge in [0.15, 0.2) is 0 Å². The predicted molar refractivity (Wildman–Crippen MR) is 51.6 cm³/mol. The van der Waals surface area contributed by atoms with Crippen molar-refractivity contribution in [1.82, 2.24) is 14.9 Å². The highest BCUT2D eigenvalue weighted by Gasteiger charge is 2.13. The number of aromatic nitrogens is 2. The Morgan fingerprint density at radius 3 is 3.14 bits per heavy atom. The maximum Gasteiger partial charge on any atom is 0.333 e. The smallest absolute Gasteiger partial charge is 0.333 e. The van der Waals surface area contributed by atoms with E-state index < -0.39 is 5.97 Å². The molecule has 0 unspecified atom stereocenters. The Balaban J connectivity index is 2.30. The van der Waals surface area contributed by atoms with Crippen molar-refractivity contribution in [3.05, 3.63) is 28.9 Å². The van der Waals surface area contributed by atoms with E-state index in [9.17, 15) is 4.79 Å². The molecule has 0 saturated carbocycles. The van der Waals surface area contributed by atoms with E-state index in [1.165, 1.54) is 11.5 Å². The van der Waals surface area contributed by atoms with Gasteiger partial charge in [0.05, 0.1) is 5.57 Å². The molecule has 14 heavy (non-hydrogen) atoms. The summed E-state index contributed by atoms with van der Waals surface area (Å²) >= 11 is 1.24. The van der Waals surface area contributed by atoms with Crippen LogP contribution < -0.4 is 5.32 Å². The first-order valence-electron chi connectivity index (χ1n) is 3.92. The van der Waals surface area contributed by atoms with Gasteiger partial charge in [-0.05, 0) is 17.6 Å². The van der Waals surface area contributed by atoms with Crippen molar-refractivity contribution in [3.8, 4) is 0 Å². The Morgan fingerprint density at radius 1 is 1.64 bits per heavy atom. The summed E-state index contributed by atoms with van der Waals surface area (Å²) in [6.07, 6.45) is 3.35. The van der Waals surface area contributed by atoms with Crippen LogP contribution in [-0.2, 0) is 4.79 Å². The van der Waals surface area contributed by atoms with Gasteiger partial charge in [0.1, 0.15) is 5.69 Å². The molecule has 0 bridgehead atoms. The lowest BCUT2D eigenvalue weighted by Gasteiger charge is -2.10. The zero-order chi connectivity index (χ0) is 9.97. The second-order valence-corrected chi connectivity index (χ2v) is 3.36. The van der Waals surface area contributed by atoms with Crippen LogP contribution in [0.25, 0.3) is 5.57 Å². The number of allylic oxidation sites excluding steroid dienone is 2. The molecule has 1 aliphatic rings. The first-order chi connectivity index (χ1) is 6.77. The van der Waals surface area contributed by atoms with Gasteiger partial charge in [-0.1, -0.05) is 4.49 Å². The highest BCUT2D eigenvalue weighted by atomic mass is 32.1. The Bertz CT molecular complexity index is 408. The van der Waals surface area contributed by atoms with E-state index in [2.05, 4.69) is 14.9 Å². The molecule has 2 rings (SSSR count). The standard InChI is InChI=1S/C8H7N3O2S/c12-8(13)6-1-5(2-9-3-6)7-4-14-11-10-7/h1-2,4,9H,3H2,(H,12,13). The van der Waals surface area contributed by atoms with E-state index in [4.69, 9.17) is 5.11 Å². The fourth-order valence-electron chi connectivity index (χ4n) is 1.13. The van der Waals surface area contributed by atoms with Gasteiger partial charge in [0.25, 0.3) is 0 Å². The average Bonchev–Trinajstić information content (AvgIpc) is 2.71. The Labute approximate surface area is 83.9 Å². The molecule has 0 aromatic carbocycles. The molecule has 6 heteroatoms. The van der Waals surface area contributed by atoms with Crippen LogP contribution >= 0.6 is 11.5 Å². The molecule has 0 radical (unpaired) electrons. The Morgan fingerprint density at radius 2 is 2.50 bits per heavy atom. The van der Waals surface area contributed by atoms with Crippen LogP contribution in [0, 0.1) is 0 Å². The monoisotopic (exact) mass is 209 g/mol. The Kier molecular flexibility index (Phi) is 2.28. The van der Waals surface area contributed by atoms with Crippen molar-refractivity contribution in [2.24, 2.45) is 0 Å². The summed E-state index contributed by atoms with van der Waals surface area (Å²) in [6, 6.07) is 0. The van der Waals surface area contributed by atoms with Crippen molar-refractivity contribution in [2.75, 3.05) is 6.54 Å². The Hall–Kier alpha value is -1.69. The number of nitrogens with one attached hydrogen (secondary N) is 1. The molecule has 0 saturated heterocycles. The molecule has 1 aliphatic heterocycles. The van der Waals surface area contributed by atoms with Crippen molar-refractivity contribution in [1.29, 1.82) is 0 Å². The highest BCUT2D eigenvalue weighted by molar-refractivity contribution is 7.03. The minimum Gasteiger partial charge on any atom is -0.478 e. The number of dihydropyridines is 1. The summed E-state index contributed by atoms with van der Waals surface area (Å²) in [6.45, 7) is 0.344. The van der Waals surface area contributed by atoms with Gasteiger partial charge in [0, 0.05) is 23.7 Å². The number of carboxylic acid groups (broad SMARTS) is 1. The van der Waals surface area contributed by atoms with E-state index in [0.717, 1.165) is 5.57 Å². The van der Waals surface area contributed by atoms with Gasteiger partial charge >= 0.3 is 5.97 Å². The third-order valence-electron chi connectivity index (χ3n) is 1.81. The minimum absolute atomic E-state index is 0.329. The lowest BCUT2D eigenvalue weighted by atomic mass is 10.1. The van der Waals surface area contributed by atoms with Crippen LogP contribution in [0.3, 0.4) is 0 Å². The van der Waals surface area contributed by atoms with Crippen molar-refractivity contribution >= 4 is 23.1 Å². The maximum absolute atomic E-state index is 10.7. The third-order valence-corrected chi connectivity index (χ3v) is 2.31. The zero-order valence-corrected chi connectivity index (χ0v) is 7.91. The lowest BCUT2D eigenvalue weighted by Crippen LogP contribution is -2.19. The number of aliphatic carboxylic acids is 1. The number of carbonyl (C=O) groups is 1. The summed E-state index contributed by atoms with van der Waals surface area (Å²) in [5, 5.41) is 17.3. The molecule has 0 amide bonds. The van der Waals surface area contributed by atoms with Crippen LogP contribution in [0.5, 0.6) is 0 Å². The molecule has 1 aromatic heterocycles. The molecular weight excluding hydrogens is 202 g/mol. The second-order valence-electron chi connectivity index (χ2n) is 2.75. The van der Waals surface area contributed by atoms with Gasteiger partial charge in [0.2, 0.25) is 0 Å². The van der Waals surface area contributed by atoms with Crippen LogP contribution in [0.15, 0.2) is 23.2 Å². The van der Waals surface area contributed by atoms with E-state index in [1.54, 1.807) is 17.7 Å². The summed E-state index contributed by atoms with van der Waals surface area (Å²) in [7, 11) is 0. The van der Waals surface area contributed by atoms with Gasteiger partial charge in [-0.25, -0.2) is 4.79 Å². The molecule has 1 aromatic rings. The van der Waals surface area contributed by atoms with Crippen LogP contribution in [0.2, 0.25) is 0 Å². The number of nitrogens with zero attached hydrogens (tertiary/aromatic N) is 2. The molecule has 0 fully saturated rings. The van der Waals surface area contributed by atoms with E-state index >= 15 is 0 Å². The topological polar surface area (TPSA) is 75.1 Å². The first-order valence-corrected chi connectivity index (χ1v) is 4.76. The van der Waals surface area contributed by atoms with Gasteiger partial charge in [-0.15, -0.1) is 5.10 Å². The fourth-order valence-corrected chi connectivity index (χ4v) is 1.59. The van der Waals surface area contributed by atoms with Crippen LogP contribution in [0.1, 0.15) is 5.69 Å². The van der Waals surface area contributed by atoms with Crippen LogP contribution in [0.4, 0.5) is 0 Å². The summed E-state index contributed by atoms with van der Waals surface area (Å²) < 4.78 is 3.71. The summed E-state index contributed by atoms with van der Waals surface area (Å²) in [5.41, 5.74) is 1.78. The highest BCUT2D eigenvalue weighted by Crippen LogP contribution is 2.17. The summed E-state index contributed by atoms with van der Waals surface area (Å²) in [4.78, 5) is 10.7. The van der Waals surface area contributed by atoms with Gasteiger partial charge < -0.3 is 10.4 Å². The van der Waals surface area contributed by atoms with Crippen molar-refractivity contribution in [2.45, 2.75) is 0 Å². The quantitative estimate of drug-likeness (QED) is 0.741. The predicted octanol–water partition coefficient (Wildman–Crippen LogP) is 0.493. The molecule has 0 spiro atoms. The maximum atomic E-state index is 10.7. The molecule has 0 atom stereocenters. The van der Waals surface area contributed by atoms with E-state index in [1.807, 2.05) is 0 Å². The van der Waals surface area contributed by atoms with Gasteiger partial charge in [-0.2, -0.15) is 0 Å². The summed E-state index contributed by atoms with van der Waals surface area (Å²) in [5.74, 6) is -0.911. The number of rotatable bonds is 2. The average molecular weight is 209 g/mol.